The minimum atomic E-state index is -0.355. The van der Waals surface area contributed by atoms with Crippen LogP contribution in [0, 0.1) is 0 Å². The molecule has 0 radical (unpaired) electrons. The molecular formula is C25H31N3O2. The Labute approximate surface area is 179 Å². The van der Waals surface area contributed by atoms with Crippen LogP contribution in [0.3, 0.4) is 0 Å². The van der Waals surface area contributed by atoms with Crippen molar-refractivity contribution in [2.75, 3.05) is 7.11 Å². The van der Waals surface area contributed by atoms with Crippen LogP contribution < -0.4 is 5.73 Å². The monoisotopic (exact) mass is 405 g/mol. The van der Waals surface area contributed by atoms with Gasteiger partial charge in [0, 0.05) is 0 Å². The number of esters is 1. The number of carbonyl (C=O) groups excluding carboxylic acids is 1. The second-order valence-electron chi connectivity index (χ2n) is 9.15. The maximum absolute atomic E-state index is 11.8. The van der Waals surface area contributed by atoms with Crippen LogP contribution in [0.5, 0.6) is 0 Å². The summed E-state index contributed by atoms with van der Waals surface area (Å²) in [5.41, 5.74) is 11.0. The highest BCUT2D eigenvalue weighted by Crippen LogP contribution is 2.46. The Kier molecular flexibility index (Phi) is 6.11. The zero-order valence-electron chi connectivity index (χ0n) is 18.5. The van der Waals surface area contributed by atoms with Crippen molar-refractivity contribution in [2.24, 2.45) is 15.7 Å². The van der Waals surface area contributed by atoms with Gasteiger partial charge in [-0.05, 0) is 58.1 Å². The highest BCUT2D eigenvalue weighted by Gasteiger charge is 2.37. The largest absolute Gasteiger partial charge is 0.465 e. The van der Waals surface area contributed by atoms with Gasteiger partial charge in [-0.25, -0.2) is 9.79 Å². The number of nitrogens with two attached hydrogens (primary N) is 1. The number of carbonyl (C=O) groups is 1. The number of hydrogen-bond donors (Lipinski definition) is 1. The van der Waals surface area contributed by atoms with Crippen molar-refractivity contribution in [1.82, 2.24) is 0 Å². The lowest BCUT2D eigenvalue weighted by molar-refractivity contribution is 0.0600. The molecule has 1 atom stereocenters. The maximum atomic E-state index is 11.8. The summed E-state index contributed by atoms with van der Waals surface area (Å²) in [5.74, 6) is -0.355. The first-order valence-corrected chi connectivity index (χ1v) is 10.3. The zero-order chi connectivity index (χ0) is 21.9. The molecule has 0 spiro atoms. The Balaban J connectivity index is 2.08. The van der Waals surface area contributed by atoms with Crippen molar-refractivity contribution in [1.29, 1.82) is 0 Å². The van der Waals surface area contributed by atoms with E-state index in [1.165, 1.54) is 37.3 Å². The molecule has 0 bridgehead atoms. The summed E-state index contributed by atoms with van der Waals surface area (Å²) >= 11 is 0. The number of hydrogen-bond acceptors (Lipinski definition) is 3. The normalized spacial score (nSPS) is 18.3. The summed E-state index contributed by atoms with van der Waals surface area (Å²) in [5, 5.41) is 0. The molecule has 30 heavy (non-hydrogen) atoms. The van der Waals surface area contributed by atoms with E-state index in [2.05, 4.69) is 55.9 Å². The number of fused-ring (bicyclic) bond motifs is 1. The van der Waals surface area contributed by atoms with Crippen molar-refractivity contribution in [3.05, 3.63) is 70.3 Å². The first-order valence-electron chi connectivity index (χ1n) is 10.3. The number of nitrogens with zero attached hydrogens (tertiary/aromatic N) is 2. The number of aliphatic imine (C=N–C) groups is 2. The third-order valence-corrected chi connectivity index (χ3v) is 6.21. The van der Waals surface area contributed by atoms with E-state index in [0.29, 0.717) is 5.56 Å². The summed E-state index contributed by atoms with van der Waals surface area (Å²) < 4.78 is 4.80. The fourth-order valence-electron chi connectivity index (χ4n) is 4.20. The van der Waals surface area contributed by atoms with Crippen molar-refractivity contribution in [2.45, 2.75) is 57.4 Å². The molecule has 158 valence electrons. The van der Waals surface area contributed by atoms with Crippen LogP contribution in [-0.4, -0.2) is 25.8 Å². The molecule has 0 amide bonds. The molecule has 0 saturated heterocycles. The van der Waals surface area contributed by atoms with Gasteiger partial charge in [0.15, 0.2) is 0 Å². The molecule has 0 aliphatic heterocycles. The van der Waals surface area contributed by atoms with Gasteiger partial charge in [0.25, 0.3) is 0 Å². The third-order valence-electron chi connectivity index (χ3n) is 6.21. The average molecular weight is 406 g/mol. The molecule has 1 unspecified atom stereocenters. The molecule has 0 fully saturated rings. The van der Waals surface area contributed by atoms with Crippen LogP contribution in [0.15, 0.2) is 52.4 Å². The Hall–Kier alpha value is -2.95. The Morgan fingerprint density at radius 3 is 2.20 bits per heavy atom. The summed E-state index contributed by atoms with van der Waals surface area (Å²) in [4.78, 5) is 20.4. The van der Waals surface area contributed by atoms with E-state index in [1.54, 1.807) is 12.1 Å². The van der Waals surface area contributed by atoms with E-state index >= 15 is 0 Å². The van der Waals surface area contributed by atoms with E-state index in [-0.39, 0.29) is 22.8 Å². The summed E-state index contributed by atoms with van der Waals surface area (Å²) in [6, 6.07) is 13.8. The standard InChI is InChI=1S/C25H31N3O2/c1-24(2)12-13-25(3,4)21-14-19(10-11-20(21)24)22(28-16-27-15-26)17-6-8-18(9-7-17)23(29)30-5/h6-11,14-16,22H,12-13H2,1-5H3,(H2,26,27,28). The Morgan fingerprint density at radius 1 is 1.00 bits per heavy atom. The number of benzene rings is 2. The van der Waals surface area contributed by atoms with Gasteiger partial charge in [-0.2, -0.15) is 0 Å². The Bertz CT molecular complexity index is 972. The van der Waals surface area contributed by atoms with Gasteiger partial charge < -0.3 is 10.5 Å². The molecule has 0 heterocycles. The van der Waals surface area contributed by atoms with Crippen molar-refractivity contribution < 1.29 is 9.53 Å². The molecule has 5 heteroatoms. The predicted octanol–water partition coefficient (Wildman–Crippen LogP) is 4.93. The first-order chi connectivity index (χ1) is 14.2. The van der Waals surface area contributed by atoms with Crippen LogP contribution in [0.2, 0.25) is 0 Å². The zero-order valence-corrected chi connectivity index (χ0v) is 18.5. The molecule has 0 aromatic heterocycles. The number of methoxy groups -OCH3 is 1. The fraction of sp³-hybridized carbons (Fsp3) is 0.400. The lowest BCUT2D eigenvalue weighted by Crippen LogP contribution is -2.34. The lowest BCUT2D eigenvalue weighted by atomic mass is 9.63. The fourth-order valence-corrected chi connectivity index (χ4v) is 4.20. The molecule has 1 aliphatic carbocycles. The summed E-state index contributed by atoms with van der Waals surface area (Å²) in [6.45, 7) is 9.26. The smallest absolute Gasteiger partial charge is 0.337 e. The third kappa shape index (κ3) is 4.30. The quantitative estimate of drug-likeness (QED) is 0.435. The van der Waals surface area contributed by atoms with Crippen LogP contribution in [0.1, 0.15) is 79.2 Å². The van der Waals surface area contributed by atoms with E-state index in [9.17, 15) is 4.79 Å². The molecule has 2 aromatic carbocycles. The minimum Gasteiger partial charge on any atom is -0.465 e. The van der Waals surface area contributed by atoms with Gasteiger partial charge in [0.05, 0.1) is 19.0 Å². The van der Waals surface area contributed by atoms with Crippen molar-refractivity contribution >= 4 is 18.6 Å². The second kappa shape index (κ2) is 8.42. The van der Waals surface area contributed by atoms with Crippen molar-refractivity contribution in [3.8, 4) is 0 Å². The van der Waals surface area contributed by atoms with Crippen LogP contribution in [-0.2, 0) is 15.6 Å². The predicted molar refractivity (Wildman–Crippen MR) is 123 cm³/mol. The number of rotatable bonds is 5. The van der Waals surface area contributed by atoms with Gasteiger partial charge in [0.1, 0.15) is 12.4 Å². The van der Waals surface area contributed by atoms with E-state index in [1.807, 2.05) is 12.1 Å². The number of ether oxygens (including phenoxy) is 1. The van der Waals surface area contributed by atoms with Gasteiger partial charge >= 0.3 is 5.97 Å². The van der Waals surface area contributed by atoms with Crippen LogP contribution in [0.25, 0.3) is 0 Å². The highest BCUT2D eigenvalue weighted by atomic mass is 16.5. The lowest BCUT2D eigenvalue weighted by Gasteiger charge is -2.42. The molecule has 3 rings (SSSR count). The Morgan fingerprint density at radius 2 is 1.60 bits per heavy atom. The van der Waals surface area contributed by atoms with E-state index in [0.717, 1.165) is 17.5 Å². The minimum absolute atomic E-state index is 0.110. The van der Waals surface area contributed by atoms with Crippen LogP contribution >= 0.6 is 0 Å². The SMILES string of the molecule is COC(=O)c1ccc(C(N=CN=CN)c2ccc3c(c2)C(C)(C)CCC3(C)C)cc1. The topological polar surface area (TPSA) is 77.0 Å². The maximum Gasteiger partial charge on any atom is 0.337 e. The molecule has 0 saturated carbocycles. The van der Waals surface area contributed by atoms with Gasteiger partial charge in [-0.1, -0.05) is 58.0 Å². The molecule has 1 aliphatic rings. The summed E-state index contributed by atoms with van der Waals surface area (Å²) in [6.07, 6.45) is 5.02. The van der Waals surface area contributed by atoms with Crippen molar-refractivity contribution in [3.63, 3.8) is 0 Å². The van der Waals surface area contributed by atoms with Crippen LogP contribution in [0.4, 0.5) is 0 Å². The average Bonchev–Trinajstić information content (AvgIpc) is 2.74. The van der Waals surface area contributed by atoms with E-state index < -0.39 is 0 Å². The summed E-state index contributed by atoms with van der Waals surface area (Å²) in [7, 11) is 1.38. The molecule has 2 aromatic rings. The van der Waals surface area contributed by atoms with Gasteiger partial charge in [-0.15, -0.1) is 0 Å². The first kappa shape index (κ1) is 21.8. The molecule has 2 N–H and O–H groups in total. The second-order valence-corrected chi connectivity index (χ2v) is 9.15. The highest BCUT2D eigenvalue weighted by molar-refractivity contribution is 5.89. The molecule has 5 nitrogen and oxygen atoms in total. The van der Waals surface area contributed by atoms with E-state index in [4.69, 9.17) is 10.5 Å². The molecular weight excluding hydrogens is 374 g/mol. The van der Waals surface area contributed by atoms with Gasteiger partial charge in [0.2, 0.25) is 0 Å². The van der Waals surface area contributed by atoms with Gasteiger partial charge in [-0.3, -0.25) is 4.99 Å².